The lowest BCUT2D eigenvalue weighted by molar-refractivity contribution is -0.101. The van der Waals surface area contributed by atoms with Crippen LogP contribution in [0.1, 0.15) is 20.3 Å². The molecule has 4 heteroatoms. The van der Waals surface area contributed by atoms with E-state index in [2.05, 4.69) is 0 Å². The molecule has 0 rings (SSSR count). The van der Waals surface area contributed by atoms with Gasteiger partial charge >= 0.3 is 0 Å². The Morgan fingerprint density at radius 3 is 2.22 bits per heavy atom. The Hall–Kier alpha value is -0.160. The molecule has 0 bridgehead atoms. The molecule has 2 atom stereocenters. The first-order valence-corrected chi connectivity index (χ1v) is 2.79. The van der Waals surface area contributed by atoms with Crippen LogP contribution in [0.5, 0.6) is 0 Å². The van der Waals surface area contributed by atoms with E-state index in [1.165, 1.54) is 13.8 Å². The number of nitrogens with one attached hydrogen (secondary N) is 1. The fourth-order valence-electron chi connectivity index (χ4n) is 0.621. The van der Waals surface area contributed by atoms with Gasteiger partial charge < -0.3 is 15.4 Å². The van der Waals surface area contributed by atoms with Crippen LogP contribution in [0.3, 0.4) is 0 Å². The van der Waals surface area contributed by atoms with Crippen molar-refractivity contribution >= 4 is 0 Å². The van der Waals surface area contributed by atoms with E-state index < -0.39 is 11.8 Å². The van der Waals surface area contributed by atoms with E-state index in [-0.39, 0.29) is 6.42 Å². The van der Waals surface area contributed by atoms with Crippen molar-refractivity contribution < 1.29 is 15.4 Å². The van der Waals surface area contributed by atoms with Crippen molar-refractivity contribution in [3.05, 3.63) is 0 Å². The Morgan fingerprint density at radius 1 is 1.67 bits per heavy atom. The molecule has 4 nitrogen and oxygen atoms in total. The second-order valence-electron chi connectivity index (χ2n) is 2.44. The number of aliphatic hydroxyl groups excluding tert-OH is 1. The molecule has 0 aliphatic rings. The number of rotatable bonds is 3. The van der Waals surface area contributed by atoms with Crippen LogP contribution in [-0.4, -0.2) is 27.2 Å². The van der Waals surface area contributed by atoms with Crippen LogP contribution >= 0.6 is 0 Å². The average Bonchev–Trinajstić information content (AvgIpc) is 1.63. The smallest absolute Gasteiger partial charge is 0.137 e. The van der Waals surface area contributed by atoms with Gasteiger partial charge in [-0.25, -0.2) is 0 Å². The molecule has 0 aromatic rings. The minimum Gasteiger partial charge on any atom is -0.393 e. The second-order valence-corrected chi connectivity index (χ2v) is 2.44. The molecule has 0 aliphatic heterocycles. The zero-order valence-electron chi connectivity index (χ0n) is 5.63. The Bertz CT molecular complexity index is 82.3. The third-order valence-corrected chi connectivity index (χ3v) is 0.934. The van der Waals surface area contributed by atoms with E-state index in [9.17, 15) is 0 Å². The van der Waals surface area contributed by atoms with Gasteiger partial charge in [0.15, 0.2) is 0 Å². The van der Waals surface area contributed by atoms with E-state index >= 15 is 0 Å². The van der Waals surface area contributed by atoms with Crippen LogP contribution in [0, 0.1) is 0 Å². The van der Waals surface area contributed by atoms with Gasteiger partial charge in [-0.2, -0.15) is 5.48 Å². The molecule has 0 heterocycles. The predicted molar refractivity (Wildman–Crippen MR) is 31.8 cm³/mol. The topological polar surface area (TPSA) is 72.7 Å². The highest BCUT2D eigenvalue weighted by molar-refractivity contribution is 4.66. The second kappa shape index (κ2) is 3.12. The van der Waals surface area contributed by atoms with Gasteiger partial charge in [0.25, 0.3) is 0 Å². The predicted octanol–water partition coefficient (Wildman–Crippen LogP) is -0.555. The molecule has 4 N–H and O–H groups in total. The minimum absolute atomic E-state index is 0.101. The van der Waals surface area contributed by atoms with Crippen molar-refractivity contribution in [2.24, 2.45) is 0 Å². The normalized spacial score (nSPS) is 21.0. The summed E-state index contributed by atoms with van der Waals surface area (Å²) in [6.07, 6.45) is -0.525. The van der Waals surface area contributed by atoms with Crippen LogP contribution in [0.2, 0.25) is 0 Å². The van der Waals surface area contributed by atoms with E-state index in [0.29, 0.717) is 0 Å². The van der Waals surface area contributed by atoms with Crippen molar-refractivity contribution in [2.75, 3.05) is 0 Å². The maximum absolute atomic E-state index is 8.97. The lowest BCUT2D eigenvalue weighted by atomic mass is 10.1. The summed E-state index contributed by atoms with van der Waals surface area (Å²) in [5.41, 5.74) is 0.287. The van der Waals surface area contributed by atoms with Crippen LogP contribution in [0.4, 0.5) is 0 Å². The first-order valence-electron chi connectivity index (χ1n) is 2.79. The molecule has 0 aromatic carbocycles. The molecule has 0 radical (unpaired) electrons. The molecular formula is C5H13NO3. The van der Waals surface area contributed by atoms with Gasteiger partial charge in [0, 0.05) is 6.42 Å². The molecular weight excluding hydrogens is 122 g/mol. The summed E-state index contributed by atoms with van der Waals surface area (Å²) in [6.45, 7) is 2.91. The number of hydrogen-bond donors (Lipinski definition) is 4. The first kappa shape index (κ1) is 8.84. The molecule has 0 saturated carbocycles. The minimum atomic E-state index is -1.38. The van der Waals surface area contributed by atoms with Gasteiger partial charge in [-0.15, -0.1) is 0 Å². The summed E-state index contributed by atoms with van der Waals surface area (Å²) in [5, 5.41) is 25.9. The average molecular weight is 135 g/mol. The Labute approximate surface area is 54.1 Å². The van der Waals surface area contributed by atoms with E-state index in [1.807, 2.05) is 0 Å². The molecule has 2 unspecified atom stereocenters. The van der Waals surface area contributed by atoms with Gasteiger partial charge in [0.05, 0.1) is 6.10 Å². The fourth-order valence-corrected chi connectivity index (χ4v) is 0.621. The SMILES string of the molecule is CC(O)CC(C)(O)NO. The zero-order chi connectivity index (χ0) is 7.49. The van der Waals surface area contributed by atoms with Crippen molar-refractivity contribution in [3.63, 3.8) is 0 Å². The third-order valence-electron chi connectivity index (χ3n) is 0.934. The number of hydroxylamine groups is 1. The van der Waals surface area contributed by atoms with Crippen molar-refractivity contribution in [1.82, 2.24) is 5.48 Å². The summed E-state index contributed by atoms with van der Waals surface area (Å²) in [4.78, 5) is 0. The highest BCUT2D eigenvalue weighted by Gasteiger charge is 2.20. The van der Waals surface area contributed by atoms with Crippen molar-refractivity contribution in [1.29, 1.82) is 0 Å². The van der Waals surface area contributed by atoms with Crippen molar-refractivity contribution in [2.45, 2.75) is 32.1 Å². The third kappa shape index (κ3) is 4.35. The molecule has 9 heavy (non-hydrogen) atoms. The fraction of sp³-hybridized carbons (Fsp3) is 1.00. The van der Waals surface area contributed by atoms with Crippen LogP contribution < -0.4 is 5.48 Å². The van der Waals surface area contributed by atoms with Gasteiger partial charge in [0.1, 0.15) is 5.72 Å². The standard InChI is InChI=1S/C5H13NO3/c1-4(7)3-5(2,8)6-9/h4,6-9H,3H2,1-2H3. The monoisotopic (exact) mass is 135 g/mol. The number of hydrogen-bond acceptors (Lipinski definition) is 4. The number of aliphatic hydroxyl groups is 2. The Morgan fingerprint density at radius 2 is 2.11 bits per heavy atom. The molecule has 0 spiro atoms. The zero-order valence-corrected chi connectivity index (χ0v) is 5.63. The van der Waals surface area contributed by atoms with Crippen LogP contribution in [0.15, 0.2) is 0 Å². The van der Waals surface area contributed by atoms with Gasteiger partial charge in [-0.05, 0) is 13.8 Å². The molecule has 56 valence electrons. The van der Waals surface area contributed by atoms with E-state index in [0.717, 1.165) is 0 Å². The largest absolute Gasteiger partial charge is 0.393 e. The van der Waals surface area contributed by atoms with Gasteiger partial charge in [0.2, 0.25) is 0 Å². The molecule has 0 aromatic heterocycles. The van der Waals surface area contributed by atoms with E-state index in [4.69, 9.17) is 15.4 Å². The summed E-state index contributed by atoms with van der Waals surface area (Å²) < 4.78 is 0. The van der Waals surface area contributed by atoms with Gasteiger partial charge in [-0.1, -0.05) is 0 Å². The Balaban J connectivity index is 3.58. The van der Waals surface area contributed by atoms with Crippen LogP contribution in [-0.2, 0) is 0 Å². The molecule has 0 amide bonds. The Kier molecular flexibility index (Phi) is 3.07. The maximum atomic E-state index is 8.97. The maximum Gasteiger partial charge on any atom is 0.137 e. The lowest BCUT2D eigenvalue weighted by Crippen LogP contribution is -2.42. The molecule has 0 saturated heterocycles. The highest BCUT2D eigenvalue weighted by atomic mass is 16.5. The van der Waals surface area contributed by atoms with Gasteiger partial charge in [-0.3, -0.25) is 0 Å². The quantitative estimate of drug-likeness (QED) is 0.309. The highest BCUT2D eigenvalue weighted by Crippen LogP contribution is 2.06. The summed E-state index contributed by atoms with van der Waals surface area (Å²) >= 11 is 0. The van der Waals surface area contributed by atoms with Crippen molar-refractivity contribution in [3.8, 4) is 0 Å². The summed E-state index contributed by atoms with van der Waals surface area (Å²) in [6, 6.07) is 0. The lowest BCUT2D eigenvalue weighted by Gasteiger charge is -2.21. The summed E-state index contributed by atoms with van der Waals surface area (Å²) in [5.74, 6) is 0. The molecule has 0 fully saturated rings. The van der Waals surface area contributed by atoms with E-state index in [1.54, 1.807) is 5.48 Å². The van der Waals surface area contributed by atoms with Crippen LogP contribution in [0.25, 0.3) is 0 Å². The molecule has 0 aliphatic carbocycles. The first-order chi connectivity index (χ1) is 3.98. The summed E-state index contributed by atoms with van der Waals surface area (Å²) in [7, 11) is 0.